The van der Waals surface area contributed by atoms with Gasteiger partial charge in [0.1, 0.15) is 17.5 Å². The number of carbonyl (C=O) groups is 4. The van der Waals surface area contributed by atoms with Crippen LogP contribution < -0.4 is 20.8 Å². The lowest BCUT2D eigenvalue weighted by atomic mass is 9.88. The Morgan fingerprint density at radius 3 is 2.30 bits per heavy atom. The van der Waals surface area contributed by atoms with Crippen molar-refractivity contribution in [2.75, 3.05) is 40.0 Å². The van der Waals surface area contributed by atoms with Gasteiger partial charge in [0.2, 0.25) is 23.6 Å². The van der Waals surface area contributed by atoms with Crippen molar-refractivity contribution in [2.24, 2.45) is 0 Å². The second-order valence-electron chi connectivity index (χ2n) is 15.3. The highest BCUT2D eigenvalue weighted by atomic mass is 32.2. The fraction of sp³-hybridized carbons (Fsp3) is 0.528. The van der Waals surface area contributed by atoms with Gasteiger partial charge >= 0.3 is 19.0 Å². The largest absolute Gasteiger partial charge is 0.737 e. The Balaban J connectivity index is 1.37. The van der Waals surface area contributed by atoms with Crippen molar-refractivity contribution in [3.63, 3.8) is 0 Å². The number of nitrogens with one attached hydrogen (secondary N) is 3. The Bertz CT molecular complexity index is 2050. The molecule has 1 atom stereocenters. The number of aromatic nitrogens is 2. The number of allylic oxidation sites excluding steroid dienone is 2. The summed E-state index contributed by atoms with van der Waals surface area (Å²) in [6, 6.07) is 0.942. The van der Waals surface area contributed by atoms with E-state index in [9.17, 15) is 42.4 Å². The second-order valence-corrected chi connectivity index (χ2v) is 16.8. The molecular weight excluding hydrogens is 771 g/mol. The number of urea groups is 1. The normalized spacial score (nSPS) is 15.3. The van der Waals surface area contributed by atoms with E-state index >= 15 is 8.63 Å². The number of nitrogens with zero attached hydrogens (tertiary/aromatic N) is 4. The molecule has 0 aliphatic carbocycles. The van der Waals surface area contributed by atoms with Crippen LogP contribution in [0, 0.1) is 6.92 Å². The van der Waals surface area contributed by atoms with E-state index in [-0.39, 0.29) is 37.9 Å². The molecule has 0 saturated heterocycles. The average molecular weight is 825 g/mol. The van der Waals surface area contributed by atoms with Crippen LogP contribution in [0.5, 0.6) is 11.8 Å². The molecule has 0 saturated carbocycles. The van der Waals surface area contributed by atoms with Crippen LogP contribution in [-0.4, -0.2) is 124 Å². The SMILES string of the molecule is CCCCC1=CC(CCC(=O)NC(=O)NC(CS(=O)(=O)O)C(=O)NCCCCC(=O)On2c(O)ccc2O)=[N+]2C1=Cc1c(CCC[N+](C)(C)C)cc(C)n1[B-]2(F)F. The van der Waals surface area contributed by atoms with Gasteiger partial charge in [-0.25, -0.2) is 9.59 Å². The highest BCUT2D eigenvalue weighted by Gasteiger charge is 2.54. The molecule has 0 aromatic carbocycles. The summed E-state index contributed by atoms with van der Waals surface area (Å²) < 4.78 is 69.2. The minimum absolute atomic E-state index is 0.0936. The van der Waals surface area contributed by atoms with Crippen LogP contribution in [0.25, 0.3) is 6.08 Å². The predicted octanol–water partition coefficient (Wildman–Crippen LogP) is 2.61. The summed E-state index contributed by atoms with van der Waals surface area (Å²) in [6.07, 6.45) is 6.69. The van der Waals surface area contributed by atoms with Gasteiger partial charge in [-0.2, -0.15) is 8.42 Å². The smallest absolute Gasteiger partial charge is 0.492 e. The molecular formula is C36H53BF2N7O10S+. The Labute approximate surface area is 330 Å². The molecule has 17 nitrogen and oxygen atoms in total. The van der Waals surface area contributed by atoms with E-state index in [4.69, 9.17) is 4.84 Å². The van der Waals surface area contributed by atoms with Gasteiger partial charge in [0, 0.05) is 67.8 Å². The fourth-order valence-corrected chi connectivity index (χ4v) is 7.49. The average Bonchev–Trinajstić information content (AvgIpc) is 3.73. The van der Waals surface area contributed by atoms with Gasteiger partial charge < -0.3 is 47.8 Å². The molecule has 2 aromatic rings. The fourth-order valence-electron chi connectivity index (χ4n) is 6.84. The summed E-state index contributed by atoms with van der Waals surface area (Å²) in [5.74, 6) is -4.93. The van der Waals surface area contributed by atoms with Gasteiger partial charge in [-0.1, -0.05) is 13.3 Å². The molecule has 57 heavy (non-hydrogen) atoms. The first-order chi connectivity index (χ1) is 26.6. The number of amides is 4. The molecule has 0 bridgehead atoms. The number of unbranched alkanes of at least 4 members (excludes halogenated alkanes) is 2. The number of rotatable bonds is 20. The van der Waals surface area contributed by atoms with Crippen LogP contribution in [0.15, 0.2) is 35.5 Å². The maximum atomic E-state index is 16.6. The first kappa shape index (κ1) is 44.7. The molecule has 2 aliphatic rings. The van der Waals surface area contributed by atoms with Crippen LogP contribution >= 0.6 is 0 Å². The van der Waals surface area contributed by atoms with E-state index in [1.165, 1.54) is 0 Å². The zero-order valence-electron chi connectivity index (χ0n) is 32.9. The Morgan fingerprint density at radius 2 is 1.67 bits per heavy atom. The van der Waals surface area contributed by atoms with E-state index in [1.54, 1.807) is 19.1 Å². The van der Waals surface area contributed by atoms with Gasteiger partial charge in [0.25, 0.3) is 10.1 Å². The lowest BCUT2D eigenvalue weighted by Crippen LogP contribution is -2.54. The van der Waals surface area contributed by atoms with E-state index < -0.39 is 70.9 Å². The van der Waals surface area contributed by atoms with E-state index in [0.29, 0.717) is 34.7 Å². The number of aryl methyl sites for hydroxylation is 2. The van der Waals surface area contributed by atoms with Crippen LogP contribution in [0.3, 0.4) is 0 Å². The maximum absolute atomic E-state index is 16.6. The van der Waals surface area contributed by atoms with Crippen LogP contribution in [0.1, 0.15) is 81.7 Å². The summed E-state index contributed by atoms with van der Waals surface area (Å²) >= 11 is 0. The molecule has 21 heteroatoms. The minimum Gasteiger partial charge on any atom is -0.492 e. The Kier molecular flexibility index (Phi) is 14.5. The van der Waals surface area contributed by atoms with E-state index in [1.807, 2.05) is 18.3 Å². The van der Waals surface area contributed by atoms with Crippen LogP contribution in [0.4, 0.5) is 13.4 Å². The number of aromatic hydroxyl groups is 2. The molecule has 314 valence electrons. The third kappa shape index (κ3) is 12.0. The lowest BCUT2D eigenvalue weighted by molar-refractivity contribution is -0.870. The molecule has 2 aliphatic heterocycles. The van der Waals surface area contributed by atoms with Gasteiger partial charge in [-0.05, 0) is 56.4 Å². The summed E-state index contributed by atoms with van der Waals surface area (Å²) in [5.41, 5.74) is 3.06. The zero-order chi connectivity index (χ0) is 42.3. The summed E-state index contributed by atoms with van der Waals surface area (Å²) in [5, 5.41) is 25.5. The van der Waals surface area contributed by atoms with Crippen molar-refractivity contribution in [3.8, 4) is 11.8 Å². The number of imide groups is 1. The van der Waals surface area contributed by atoms with Crippen molar-refractivity contribution in [3.05, 3.63) is 52.5 Å². The molecule has 4 rings (SSSR count). The highest BCUT2D eigenvalue weighted by Crippen LogP contribution is 2.39. The number of quaternary nitrogens is 1. The number of hydrogen-bond acceptors (Lipinski definition) is 9. The number of fused-ring (bicyclic) bond motifs is 2. The molecule has 4 amide bonds. The van der Waals surface area contributed by atoms with Crippen molar-refractivity contribution in [1.29, 1.82) is 0 Å². The quantitative estimate of drug-likeness (QED) is 0.0496. The van der Waals surface area contributed by atoms with Gasteiger partial charge in [0.05, 0.1) is 27.7 Å². The van der Waals surface area contributed by atoms with Crippen molar-refractivity contribution < 1.29 is 64.8 Å². The van der Waals surface area contributed by atoms with Crippen LogP contribution in [-0.2, 0) is 30.9 Å². The molecule has 1 unspecified atom stereocenters. The summed E-state index contributed by atoms with van der Waals surface area (Å²) in [7, 11) is 1.44. The first-order valence-electron chi connectivity index (χ1n) is 18.9. The van der Waals surface area contributed by atoms with Crippen molar-refractivity contribution in [1.82, 2.24) is 25.2 Å². The number of carbonyl (C=O) groups excluding carboxylic acids is 4. The topological polar surface area (TPSA) is 221 Å². The maximum Gasteiger partial charge on any atom is 0.737 e. The Hall–Kier alpha value is -5.02. The molecule has 4 heterocycles. The third-order valence-corrected chi connectivity index (χ3v) is 10.3. The monoisotopic (exact) mass is 824 g/mol. The van der Waals surface area contributed by atoms with Gasteiger partial charge in [-0.15, -0.1) is 4.73 Å². The summed E-state index contributed by atoms with van der Waals surface area (Å²) in [6.45, 7) is 0.0930. The van der Waals surface area contributed by atoms with E-state index in [0.717, 1.165) is 62.5 Å². The predicted molar refractivity (Wildman–Crippen MR) is 207 cm³/mol. The highest BCUT2D eigenvalue weighted by molar-refractivity contribution is 7.85. The lowest BCUT2D eigenvalue weighted by Gasteiger charge is -2.31. The molecule has 0 fully saturated rings. The second kappa shape index (κ2) is 18.5. The van der Waals surface area contributed by atoms with Crippen molar-refractivity contribution >= 4 is 52.7 Å². The van der Waals surface area contributed by atoms with Crippen LogP contribution in [0.2, 0.25) is 0 Å². The third-order valence-electron chi connectivity index (χ3n) is 9.52. The van der Waals surface area contributed by atoms with E-state index in [2.05, 4.69) is 31.8 Å². The Morgan fingerprint density at radius 1 is 0.982 bits per heavy atom. The molecule has 6 N–H and O–H groups in total. The van der Waals surface area contributed by atoms with Gasteiger partial charge in [-0.3, -0.25) is 19.5 Å². The number of halogens is 2. The number of hydrogen-bond donors (Lipinski definition) is 6. The molecule has 2 aromatic heterocycles. The standard InChI is InChI=1S/C36H52BF2N7O10S/c1-6-7-11-26-21-27(44-30(26)22-29-25(12-10-19-46(3,4)5)20-24(2)43(29)37(44,38)39)14-15-31(47)42-36(52)41-28(23-57(53,54)55)35(51)40-18-9-8-13-34(50)56-45-32(48)16-17-33(45)49/h16-17,20-22,28H,6-15,18-19,23H2,1-5H3,(H5-,40,41,42,47,48,49,51,52,53,54,55)/p+1. The first-order valence-corrected chi connectivity index (χ1v) is 20.5. The zero-order valence-corrected chi connectivity index (χ0v) is 33.7. The summed E-state index contributed by atoms with van der Waals surface area (Å²) in [4.78, 5) is 55.2. The molecule has 0 radical (unpaired) electrons. The molecule has 0 spiro atoms. The minimum atomic E-state index is -4.80. The van der Waals surface area contributed by atoms with Gasteiger partial charge in [0.15, 0.2) is 5.70 Å². The van der Waals surface area contributed by atoms with Crippen molar-refractivity contribution in [2.45, 2.75) is 84.1 Å².